The van der Waals surface area contributed by atoms with Crippen molar-refractivity contribution in [1.29, 1.82) is 0 Å². The summed E-state index contributed by atoms with van der Waals surface area (Å²) in [5, 5.41) is 0. The van der Waals surface area contributed by atoms with Crippen LogP contribution >= 0.6 is 35.7 Å². The molecular weight excluding hydrogens is 348 g/mol. The van der Waals surface area contributed by atoms with Crippen molar-refractivity contribution in [1.82, 2.24) is 0 Å². The van der Waals surface area contributed by atoms with Crippen molar-refractivity contribution in [3.05, 3.63) is 12.7 Å². The first-order valence-corrected chi connectivity index (χ1v) is 12.2. The molecule has 0 rings (SSSR count). The Labute approximate surface area is 166 Å². The third-order valence-electron chi connectivity index (χ3n) is 4.26. The minimum atomic E-state index is 0.269. The number of thiocarbonyl (C=S) groups is 1. The molecule has 0 heterocycles. The van der Waals surface area contributed by atoms with E-state index in [-0.39, 0.29) is 4.75 Å². The van der Waals surface area contributed by atoms with Gasteiger partial charge in [-0.3, -0.25) is 0 Å². The van der Waals surface area contributed by atoms with Crippen molar-refractivity contribution < 1.29 is 0 Å². The quantitative estimate of drug-likeness (QED) is 0.147. The van der Waals surface area contributed by atoms with E-state index in [0.29, 0.717) is 0 Å². The normalized spacial score (nSPS) is 11.6. The highest BCUT2D eigenvalue weighted by molar-refractivity contribution is 8.47. The number of hydrogen-bond donors (Lipinski definition) is 0. The van der Waals surface area contributed by atoms with E-state index in [1.54, 1.807) is 0 Å². The number of allylic oxidation sites excluding steroid dienone is 1. The average Bonchev–Trinajstić information content (AvgIpc) is 2.52. The molecule has 0 aliphatic rings. The second kappa shape index (κ2) is 17.0. The molecule has 0 fully saturated rings. The van der Waals surface area contributed by atoms with Gasteiger partial charge in [-0.15, -0.1) is 30.1 Å². The van der Waals surface area contributed by atoms with Gasteiger partial charge in [0, 0.05) is 4.75 Å². The highest BCUT2D eigenvalue weighted by atomic mass is 32.2. The van der Waals surface area contributed by atoms with Crippen LogP contribution in [0, 0.1) is 0 Å². The van der Waals surface area contributed by atoms with E-state index < -0.39 is 0 Å². The first kappa shape index (κ1) is 24.5. The molecule has 0 amide bonds. The fourth-order valence-electron chi connectivity index (χ4n) is 2.72. The van der Waals surface area contributed by atoms with E-state index in [2.05, 4.69) is 27.4 Å². The Morgan fingerprint density at radius 1 is 0.917 bits per heavy atom. The Morgan fingerprint density at radius 3 is 2.00 bits per heavy atom. The molecule has 0 saturated heterocycles. The Bertz CT molecular complexity index is 310. The third kappa shape index (κ3) is 17.4. The Balaban J connectivity index is 3.44. The maximum Gasteiger partial charge on any atom is 0.104 e. The zero-order valence-corrected chi connectivity index (χ0v) is 18.9. The first-order valence-electron chi connectivity index (χ1n) is 9.98. The lowest BCUT2D eigenvalue weighted by Crippen LogP contribution is -2.16. The molecule has 0 aliphatic carbocycles. The van der Waals surface area contributed by atoms with Crippen LogP contribution in [0.4, 0.5) is 0 Å². The SMILES string of the molecule is C=CCCCC(C)(C)SC(=S)SCCCCCCCCCCCC. The average molecular weight is 389 g/mol. The van der Waals surface area contributed by atoms with Gasteiger partial charge in [0.15, 0.2) is 0 Å². The molecule has 0 bridgehead atoms. The smallest absolute Gasteiger partial charge is 0.104 e. The predicted molar refractivity (Wildman–Crippen MR) is 123 cm³/mol. The molecule has 0 N–H and O–H groups in total. The van der Waals surface area contributed by atoms with E-state index in [9.17, 15) is 0 Å². The molecule has 0 aliphatic heterocycles. The molecule has 0 radical (unpaired) electrons. The van der Waals surface area contributed by atoms with Gasteiger partial charge in [-0.05, 0) is 31.4 Å². The molecule has 0 saturated carbocycles. The lowest BCUT2D eigenvalue weighted by molar-refractivity contribution is 0.563. The van der Waals surface area contributed by atoms with Gasteiger partial charge in [0.1, 0.15) is 3.53 Å². The number of hydrogen-bond acceptors (Lipinski definition) is 3. The second-order valence-corrected chi connectivity index (χ2v) is 11.3. The van der Waals surface area contributed by atoms with Gasteiger partial charge in [-0.25, -0.2) is 0 Å². The van der Waals surface area contributed by atoms with E-state index in [1.807, 2.05) is 29.6 Å². The van der Waals surface area contributed by atoms with Crippen LogP contribution in [-0.2, 0) is 0 Å². The van der Waals surface area contributed by atoms with Crippen LogP contribution in [0.2, 0.25) is 0 Å². The summed E-state index contributed by atoms with van der Waals surface area (Å²) in [6.45, 7) is 10.7. The van der Waals surface area contributed by atoms with E-state index in [0.717, 1.165) is 9.95 Å². The van der Waals surface area contributed by atoms with Crippen molar-refractivity contribution in [2.75, 3.05) is 5.75 Å². The first-order chi connectivity index (χ1) is 11.5. The molecular formula is C21H40S3. The molecule has 24 heavy (non-hydrogen) atoms. The van der Waals surface area contributed by atoms with Crippen LogP contribution in [0.15, 0.2) is 12.7 Å². The molecule has 0 unspecified atom stereocenters. The van der Waals surface area contributed by atoms with E-state index in [4.69, 9.17) is 12.2 Å². The summed E-state index contributed by atoms with van der Waals surface area (Å²) in [6.07, 6.45) is 19.6. The maximum absolute atomic E-state index is 5.56. The van der Waals surface area contributed by atoms with Crippen LogP contribution in [0.5, 0.6) is 0 Å². The molecule has 0 aromatic carbocycles. The molecule has 3 heteroatoms. The van der Waals surface area contributed by atoms with Crippen molar-refractivity contribution in [3.8, 4) is 0 Å². The summed E-state index contributed by atoms with van der Waals surface area (Å²) in [4.78, 5) is 0. The highest BCUT2D eigenvalue weighted by Crippen LogP contribution is 2.35. The van der Waals surface area contributed by atoms with E-state index >= 15 is 0 Å². The van der Waals surface area contributed by atoms with Crippen LogP contribution in [0.3, 0.4) is 0 Å². The van der Waals surface area contributed by atoms with E-state index in [1.165, 1.54) is 82.8 Å². The molecule has 142 valence electrons. The summed E-state index contributed by atoms with van der Waals surface area (Å²) in [5.74, 6) is 1.20. The van der Waals surface area contributed by atoms with Crippen LogP contribution < -0.4 is 0 Å². The fraction of sp³-hybridized carbons (Fsp3) is 0.857. The predicted octanol–water partition coefficient (Wildman–Crippen LogP) is 8.79. The van der Waals surface area contributed by atoms with Crippen molar-refractivity contribution in [2.24, 2.45) is 0 Å². The molecule has 0 spiro atoms. The van der Waals surface area contributed by atoms with Gasteiger partial charge in [-0.2, -0.15) is 0 Å². The minimum Gasteiger partial charge on any atom is -0.108 e. The maximum atomic E-state index is 5.56. The lowest BCUT2D eigenvalue weighted by atomic mass is 10.1. The minimum absolute atomic E-state index is 0.269. The monoisotopic (exact) mass is 388 g/mol. The van der Waals surface area contributed by atoms with Crippen LogP contribution in [0.1, 0.15) is 104 Å². The van der Waals surface area contributed by atoms with Gasteiger partial charge in [0.05, 0.1) is 0 Å². The number of rotatable bonds is 16. The number of unbranched alkanes of at least 4 members (excludes halogenated alkanes) is 10. The van der Waals surface area contributed by atoms with Gasteiger partial charge >= 0.3 is 0 Å². The van der Waals surface area contributed by atoms with Crippen molar-refractivity contribution >= 4 is 39.3 Å². The Hall–Kier alpha value is 0.530. The zero-order valence-electron chi connectivity index (χ0n) is 16.4. The van der Waals surface area contributed by atoms with Gasteiger partial charge in [0.2, 0.25) is 0 Å². The summed E-state index contributed by atoms with van der Waals surface area (Å²) in [7, 11) is 0. The standard InChI is InChI=1S/C21H40S3/c1-5-7-9-10-11-12-13-14-15-17-19-23-20(22)24-21(3,4)18-16-8-6-2/h6H,2,5,7-19H2,1,3-4H3. The van der Waals surface area contributed by atoms with Crippen LogP contribution in [0.25, 0.3) is 0 Å². The summed E-state index contributed by atoms with van der Waals surface area (Å²) >= 11 is 9.34. The lowest BCUT2D eigenvalue weighted by Gasteiger charge is -2.23. The number of thioether (sulfide) groups is 2. The van der Waals surface area contributed by atoms with Crippen LogP contribution in [-0.4, -0.2) is 14.0 Å². The molecule has 0 atom stereocenters. The molecule has 0 aromatic heterocycles. The largest absolute Gasteiger partial charge is 0.108 e. The topological polar surface area (TPSA) is 0 Å². The summed E-state index contributed by atoms with van der Waals surface area (Å²) in [5.41, 5.74) is 0. The van der Waals surface area contributed by atoms with Crippen molar-refractivity contribution in [2.45, 2.75) is 109 Å². The third-order valence-corrected chi connectivity index (χ3v) is 7.12. The van der Waals surface area contributed by atoms with Crippen molar-refractivity contribution in [3.63, 3.8) is 0 Å². The molecule has 0 aromatic rings. The molecule has 0 nitrogen and oxygen atoms in total. The van der Waals surface area contributed by atoms with Gasteiger partial charge in [0.25, 0.3) is 0 Å². The fourth-order valence-corrected chi connectivity index (χ4v) is 6.03. The van der Waals surface area contributed by atoms with Gasteiger partial charge < -0.3 is 0 Å². The van der Waals surface area contributed by atoms with Gasteiger partial charge in [-0.1, -0.05) is 96.9 Å². The summed E-state index contributed by atoms with van der Waals surface area (Å²) < 4.78 is 1.40. The summed E-state index contributed by atoms with van der Waals surface area (Å²) in [6, 6.07) is 0. The zero-order chi connectivity index (χ0) is 18.1. The Kier molecular flexibility index (Phi) is 17.3. The highest BCUT2D eigenvalue weighted by Gasteiger charge is 2.20. The Morgan fingerprint density at radius 2 is 1.46 bits per heavy atom. The second-order valence-electron chi connectivity index (χ2n) is 7.32.